The molecule has 2 aromatic heterocycles. The number of thioether (sulfide) groups is 2. The Kier molecular flexibility index (Phi) is 16.0. The van der Waals surface area contributed by atoms with E-state index in [9.17, 15) is 114 Å². The molecule has 0 radical (unpaired) electrons. The van der Waals surface area contributed by atoms with Crippen LogP contribution in [0.25, 0.3) is 0 Å². The molecule has 0 amide bonds. The van der Waals surface area contributed by atoms with Gasteiger partial charge in [-0.3, -0.25) is 0 Å². The van der Waals surface area contributed by atoms with E-state index >= 15 is 0 Å². The molecule has 0 fully saturated rings. The highest BCUT2D eigenvalue weighted by Gasteiger charge is 2.92. The second-order valence-corrected chi connectivity index (χ2v) is 15.5. The number of rotatable bonds is 23. The van der Waals surface area contributed by atoms with Crippen molar-refractivity contribution < 1.29 is 123 Å². The molecule has 0 aliphatic rings. The Morgan fingerprint density at radius 1 is 0.387 bits per heavy atom. The van der Waals surface area contributed by atoms with Gasteiger partial charge in [-0.05, 0) is 49.2 Å². The molecular formula is C30H30F26N4S2+2. The van der Waals surface area contributed by atoms with Crippen LogP contribution in [-0.4, -0.2) is 92.2 Å². The average molecular weight is 1000 g/mol. The number of imidazole rings is 2. The molecule has 0 aliphatic carbocycles. The molecule has 0 saturated heterocycles. The Bertz CT molecular complexity index is 1670. The molecule has 4 nitrogen and oxygen atoms in total. The second-order valence-electron chi connectivity index (χ2n) is 13.4. The third kappa shape index (κ3) is 9.78. The summed E-state index contributed by atoms with van der Waals surface area (Å²) in [4.78, 5) is 0. The van der Waals surface area contributed by atoms with E-state index < -0.39 is 95.9 Å². The summed E-state index contributed by atoms with van der Waals surface area (Å²) in [7, 11) is 2.54. The summed E-state index contributed by atoms with van der Waals surface area (Å²) in [5, 5.41) is -0.0994. The van der Waals surface area contributed by atoms with Gasteiger partial charge in [0.25, 0.3) is 0 Å². The van der Waals surface area contributed by atoms with Gasteiger partial charge in [0, 0.05) is 24.3 Å². The molecule has 32 heteroatoms. The molecule has 0 aliphatic heterocycles. The fourth-order valence-corrected chi connectivity index (χ4v) is 7.35. The summed E-state index contributed by atoms with van der Waals surface area (Å²) in [6.45, 7) is 0.0353. The average Bonchev–Trinajstić information content (AvgIpc) is 3.64. The van der Waals surface area contributed by atoms with Gasteiger partial charge in [-0.1, -0.05) is 0 Å². The number of hydrogen-bond acceptors (Lipinski definition) is 2. The SMILES string of the molecule is C[n+]1ccn(CCCCCCn2cc[n+](C)c2SCCC(F)(F)C(F)(F)C(F)(F)C(F)(F)C(F)(F)C(F)(F)F)c1SCCC(F)(F)C(F)(F)C(F)(F)C(F)(F)C(F)(F)C(F)(F)F. The van der Waals surface area contributed by atoms with Crippen LogP contribution in [0.5, 0.6) is 0 Å². The number of unbranched alkanes of at least 4 members (excludes halogenated alkanes) is 3. The van der Waals surface area contributed by atoms with Gasteiger partial charge in [-0.2, -0.15) is 114 Å². The standard InChI is InChI=1S/C30H30F26N4S2/c1-57-11-13-59(17(57)61-15-7-19(31,32)21(35,36)23(39,40)25(43,44)27(47,48)29(51,52)53)9-5-3-4-6-10-60-14-12-58(2)18(60)62-16-8-20(33,34)22(37,38)24(41,42)26(45,46)28(49,50)30(54,55)56/h11-14H,3-10,15-16H2,1-2H3/q+2. The Morgan fingerprint density at radius 3 is 0.903 bits per heavy atom. The van der Waals surface area contributed by atoms with Gasteiger partial charge in [-0.25, -0.2) is 18.3 Å². The molecule has 0 spiro atoms. The van der Waals surface area contributed by atoms with E-state index in [1.165, 1.54) is 57.2 Å². The molecule has 2 rings (SSSR count). The zero-order chi connectivity index (χ0) is 48.8. The van der Waals surface area contributed by atoms with Crippen molar-refractivity contribution in [2.75, 3.05) is 11.5 Å². The maximum Gasteiger partial charge on any atom is 0.460 e. The van der Waals surface area contributed by atoms with Gasteiger partial charge in [0.15, 0.2) is 0 Å². The molecule has 0 saturated carbocycles. The van der Waals surface area contributed by atoms with Crippen molar-refractivity contribution in [3.8, 4) is 0 Å². The summed E-state index contributed by atoms with van der Waals surface area (Å²) < 4.78 is 353. The Morgan fingerprint density at radius 2 is 0.645 bits per heavy atom. The predicted octanol–water partition coefficient (Wildman–Crippen LogP) is 11.6. The summed E-state index contributed by atoms with van der Waals surface area (Å²) in [5.41, 5.74) is 0. The first-order chi connectivity index (χ1) is 27.5. The predicted molar refractivity (Wildman–Crippen MR) is 162 cm³/mol. The molecule has 0 bridgehead atoms. The lowest BCUT2D eigenvalue weighted by Crippen LogP contribution is -2.70. The smallest absolute Gasteiger partial charge is 0.227 e. The van der Waals surface area contributed by atoms with Crippen molar-refractivity contribution in [3.63, 3.8) is 0 Å². The van der Waals surface area contributed by atoms with E-state index in [-0.39, 0.29) is 59.8 Å². The summed E-state index contributed by atoms with van der Waals surface area (Å²) in [5.74, 6) is -77.5. The van der Waals surface area contributed by atoms with E-state index in [1.54, 1.807) is 0 Å². The zero-order valence-corrected chi connectivity index (χ0v) is 32.4. The fourth-order valence-electron chi connectivity index (χ4n) is 5.11. The largest absolute Gasteiger partial charge is 0.460 e. The molecule has 362 valence electrons. The van der Waals surface area contributed by atoms with E-state index in [1.807, 2.05) is 0 Å². The van der Waals surface area contributed by atoms with E-state index in [0.717, 1.165) is 0 Å². The van der Waals surface area contributed by atoms with Crippen LogP contribution >= 0.6 is 23.5 Å². The van der Waals surface area contributed by atoms with E-state index in [0.29, 0.717) is 12.8 Å². The first-order valence-electron chi connectivity index (χ1n) is 16.7. The van der Waals surface area contributed by atoms with Gasteiger partial charge < -0.3 is 0 Å². The van der Waals surface area contributed by atoms with Gasteiger partial charge in [-0.15, -0.1) is 0 Å². The van der Waals surface area contributed by atoms with Crippen LogP contribution in [0, 0.1) is 0 Å². The van der Waals surface area contributed by atoms with Crippen molar-refractivity contribution in [2.24, 2.45) is 14.1 Å². The maximum absolute atomic E-state index is 14.2. The Balaban J connectivity index is 1.99. The van der Waals surface area contributed by atoms with Crippen LogP contribution in [-0.2, 0) is 27.2 Å². The molecular weight excluding hydrogens is 974 g/mol. The minimum Gasteiger partial charge on any atom is -0.227 e. The number of aryl methyl sites for hydroxylation is 4. The highest BCUT2D eigenvalue weighted by Crippen LogP contribution is 2.62. The molecule has 0 atom stereocenters. The molecule has 2 heterocycles. The summed E-state index contributed by atoms with van der Waals surface area (Å²) in [6.07, 6.45) is -13.7. The number of aromatic nitrogens is 4. The quantitative estimate of drug-likeness (QED) is 0.0478. The first kappa shape index (κ1) is 55.4. The lowest BCUT2D eigenvalue weighted by atomic mass is 9.93. The van der Waals surface area contributed by atoms with Crippen LogP contribution in [0.3, 0.4) is 0 Å². The van der Waals surface area contributed by atoms with Crippen LogP contribution in [0.1, 0.15) is 38.5 Å². The van der Waals surface area contributed by atoms with Crippen molar-refractivity contribution in [3.05, 3.63) is 24.8 Å². The molecule has 0 unspecified atom stereocenters. The summed E-state index contributed by atoms with van der Waals surface area (Å²) in [6, 6.07) is 0. The number of halogens is 26. The molecule has 0 N–H and O–H groups in total. The zero-order valence-electron chi connectivity index (χ0n) is 30.8. The number of alkyl halides is 26. The van der Waals surface area contributed by atoms with Gasteiger partial charge in [0.2, 0.25) is 0 Å². The van der Waals surface area contributed by atoms with Crippen LogP contribution in [0.15, 0.2) is 35.1 Å². The van der Waals surface area contributed by atoms with Gasteiger partial charge in [0.05, 0.1) is 27.2 Å². The highest BCUT2D eigenvalue weighted by atomic mass is 32.2. The monoisotopic (exact) mass is 1000 g/mol. The topological polar surface area (TPSA) is 17.6 Å². The maximum atomic E-state index is 14.2. The third-order valence-electron chi connectivity index (χ3n) is 8.87. The minimum absolute atomic E-state index is 0.0177. The molecule has 0 aromatic carbocycles. The fraction of sp³-hybridized carbons (Fsp3) is 0.800. The van der Waals surface area contributed by atoms with Crippen LogP contribution in [0.2, 0.25) is 0 Å². The normalized spacial score (nSPS) is 15.2. The van der Waals surface area contributed by atoms with Crippen molar-refractivity contribution >= 4 is 23.5 Å². The third-order valence-corrected chi connectivity index (χ3v) is 11.3. The van der Waals surface area contributed by atoms with Gasteiger partial charge >= 0.3 is 81.9 Å². The highest BCUT2D eigenvalue weighted by molar-refractivity contribution is 7.99. The number of hydrogen-bond donors (Lipinski definition) is 0. The van der Waals surface area contributed by atoms with Crippen LogP contribution in [0.4, 0.5) is 114 Å². The van der Waals surface area contributed by atoms with Gasteiger partial charge in [0.1, 0.15) is 24.8 Å². The second kappa shape index (κ2) is 17.9. The number of nitrogens with zero attached hydrogens (tertiary/aromatic N) is 4. The molecule has 62 heavy (non-hydrogen) atoms. The van der Waals surface area contributed by atoms with Crippen molar-refractivity contribution in [1.82, 2.24) is 9.13 Å². The van der Waals surface area contributed by atoms with E-state index in [4.69, 9.17) is 0 Å². The first-order valence-corrected chi connectivity index (χ1v) is 18.7. The lowest BCUT2D eigenvalue weighted by molar-refractivity contribution is -0.709. The minimum atomic E-state index is -8.02. The van der Waals surface area contributed by atoms with Crippen LogP contribution < -0.4 is 9.13 Å². The van der Waals surface area contributed by atoms with Crippen molar-refractivity contribution in [1.29, 1.82) is 0 Å². The summed E-state index contributed by atoms with van der Waals surface area (Å²) >= 11 is 0.496. The van der Waals surface area contributed by atoms with E-state index in [2.05, 4.69) is 0 Å². The molecule has 2 aromatic rings. The lowest BCUT2D eigenvalue weighted by Gasteiger charge is -2.39. The Hall–Kier alpha value is -2.70. The Labute approximate surface area is 339 Å². The van der Waals surface area contributed by atoms with Crippen molar-refractivity contribution in [2.45, 2.75) is 134 Å².